The zero-order valence-corrected chi connectivity index (χ0v) is 17.4. The minimum Gasteiger partial charge on any atom is -0.363 e. The van der Waals surface area contributed by atoms with E-state index < -0.39 is 10.8 Å². The molecule has 3 rings (SSSR count). The zero-order valence-electron chi connectivity index (χ0n) is 17.4. The molecule has 0 bridgehead atoms. The Morgan fingerprint density at radius 1 is 1.13 bits per heavy atom. The smallest absolute Gasteiger partial charge is 0.293 e. The van der Waals surface area contributed by atoms with Crippen molar-refractivity contribution in [2.24, 2.45) is 5.10 Å². The van der Waals surface area contributed by atoms with Crippen molar-refractivity contribution in [1.29, 1.82) is 0 Å². The molecule has 10 nitrogen and oxygen atoms in total. The van der Waals surface area contributed by atoms with Crippen molar-refractivity contribution in [1.82, 2.24) is 10.3 Å². The second kappa shape index (κ2) is 9.81. The number of nitro groups is 1. The van der Waals surface area contributed by atoms with Gasteiger partial charge in [-0.1, -0.05) is 12.1 Å². The standard InChI is InChI=1S/C21H24N6O4/c1-15(28)23-18-5-3-4-17(13-18)21(29)24-22-14-16-6-7-19(20(12-16)27(30)31)26-10-8-25(2)9-11-26/h3-7,12-14H,8-11H2,1-2H3,(H,23,28)(H,24,29). The molecule has 162 valence electrons. The van der Waals surface area contributed by atoms with Crippen molar-refractivity contribution in [3.05, 3.63) is 63.7 Å². The number of benzene rings is 2. The molecular weight excluding hydrogens is 400 g/mol. The molecule has 2 N–H and O–H groups in total. The lowest BCUT2D eigenvalue weighted by Crippen LogP contribution is -2.44. The van der Waals surface area contributed by atoms with Crippen molar-refractivity contribution < 1.29 is 14.5 Å². The van der Waals surface area contributed by atoms with Gasteiger partial charge in [0.15, 0.2) is 0 Å². The Hall–Kier alpha value is -3.79. The minimum atomic E-state index is -0.466. The van der Waals surface area contributed by atoms with Crippen molar-refractivity contribution in [2.45, 2.75) is 6.92 Å². The lowest BCUT2D eigenvalue weighted by molar-refractivity contribution is -0.384. The largest absolute Gasteiger partial charge is 0.363 e. The number of hydrogen-bond acceptors (Lipinski definition) is 7. The third-order valence-corrected chi connectivity index (χ3v) is 4.86. The quantitative estimate of drug-likeness (QED) is 0.416. The van der Waals surface area contributed by atoms with E-state index in [1.807, 2.05) is 11.9 Å². The first-order valence-electron chi connectivity index (χ1n) is 9.76. The third-order valence-electron chi connectivity index (χ3n) is 4.86. The average Bonchev–Trinajstić information content (AvgIpc) is 2.74. The van der Waals surface area contributed by atoms with Gasteiger partial charge in [0.25, 0.3) is 11.6 Å². The number of piperazine rings is 1. The van der Waals surface area contributed by atoms with E-state index in [0.29, 0.717) is 22.5 Å². The van der Waals surface area contributed by atoms with E-state index in [-0.39, 0.29) is 11.6 Å². The molecule has 1 aliphatic rings. The Bertz CT molecular complexity index is 1010. The first-order valence-corrected chi connectivity index (χ1v) is 9.76. The fraction of sp³-hybridized carbons (Fsp3) is 0.286. The summed E-state index contributed by atoms with van der Waals surface area (Å²) in [5, 5.41) is 18.1. The molecule has 0 unspecified atom stereocenters. The molecule has 0 saturated carbocycles. The van der Waals surface area contributed by atoms with Gasteiger partial charge in [0.2, 0.25) is 5.91 Å². The summed E-state index contributed by atoms with van der Waals surface area (Å²) in [6.07, 6.45) is 1.36. The van der Waals surface area contributed by atoms with Crippen LogP contribution in [0.25, 0.3) is 0 Å². The molecule has 2 aromatic rings. The van der Waals surface area contributed by atoms with Crippen LogP contribution in [0.4, 0.5) is 17.1 Å². The second-order valence-corrected chi connectivity index (χ2v) is 7.26. The summed E-state index contributed by atoms with van der Waals surface area (Å²) in [5.41, 5.74) is 4.29. The predicted molar refractivity (Wildman–Crippen MR) is 119 cm³/mol. The Balaban J connectivity index is 1.69. The van der Waals surface area contributed by atoms with Crippen LogP contribution >= 0.6 is 0 Å². The third kappa shape index (κ3) is 5.86. The van der Waals surface area contributed by atoms with Crippen molar-refractivity contribution in [2.75, 3.05) is 43.4 Å². The zero-order chi connectivity index (χ0) is 22.4. The normalized spacial score (nSPS) is 14.5. The molecule has 0 aromatic heterocycles. The Morgan fingerprint density at radius 3 is 2.55 bits per heavy atom. The number of amides is 2. The molecule has 0 radical (unpaired) electrons. The van der Waals surface area contributed by atoms with Crippen molar-refractivity contribution in [3.63, 3.8) is 0 Å². The summed E-state index contributed by atoms with van der Waals surface area (Å²) >= 11 is 0. The molecule has 2 amide bonds. The summed E-state index contributed by atoms with van der Waals surface area (Å²) in [5.74, 6) is -0.704. The minimum absolute atomic E-state index is 0.00263. The number of carbonyl (C=O) groups excluding carboxylic acids is 2. The van der Waals surface area contributed by atoms with Crippen LogP contribution in [0.5, 0.6) is 0 Å². The fourth-order valence-corrected chi connectivity index (χ4v) is 3.25. The molecule has 10 heteroatoms. The molecule has 2 aromatic carbocycles. The highest BCUT2D eigenvalue weighted by molar-refractivity contribution is 5.97. The van der Waals surface area contributed by atoms with Gasteiger partial charge >= 0.3 is 0 Å². The van der Waals surface area contributed by atoms with E-state index in [1.165, 1.54) is 25.3 Å². The number of hydrazone groups is 1. The molecule has 31 heavy (non-hydrogen) atoms. The molecule has 1 aliphatic heterocycles. The molecule has 1 fully saturated rings. The van der Waals surface area contributed by atoms with Gasteiger partial charge in [0, 0.05) is 56.0 Å². The lowest BCUT2D eigenvalue weighted by atomic mass is 10.1. The highest BCUT2D eigenvalue weighted by atomic mass is 16.6. The summed E-state index contributed by atoms with van der Waals surface area (Å²) in [6.45, 7) is 4.51. The summed E-state index contributed by atoms with van der Waals surface area (Å²) < 4.78 is 0. The maximum absolute atomic E-state index is 12.3. The molecule has 0 spiro atoms. The summed E-state index contributed by atoms with van der Waals surface area (Å²) in [6, 6.07) is 11.3. The van der Waals surface area contributed by atoms with Crippen LogP contribution in [0, 0.1) is 10.1 Å². The Morgan fingerprint density at radius 2 is 1.87 bits per heavy atom. The molecule has 1 heterocycles. The Labute approximate surface area is 179 Å². The topological polar surface area (TPSA) is 120 Å². The lowest BCUT2D eigenvalue weighted by Gasteiger charge is -2.33. The second-order valence-electron chi connectivity index (χ2n) is 7.26. The number of nitro benzene ring substituents is 1. The number of rotatable bonds is 6. The van der Waals surface area contributed by atoms with Crippen LogP contribution in [0.15, 0.2) is 47.6 Å². The first kappa shape index (κ1) is 21.9. The van der Waals surface area contributed by atoms with Gasteiger partial charge in [0.1, 0.15) is 5.69 Å². The van der Waals surface area contributed by atoms with E-state index in [2.05, 4.69) is 20.7 Å². The summed E-state index contributed by atoms with van der Waals surface area (Å²) in [7, 11) is 2.02. The Kier molecular flexibility index (Phi) is 6.93. The van der Waals surface area contributed by atoms with Gasteiger partial charge in [-0.25, -0.2) is 5.43 Å². The summed E-state index contributed by atoms with van der Waals surface area (Å²) in [4.78, 5) is 38.8. The van der Waals surface area contributed by atoms with Gasteiger partial charge in [-0.05, 0) is 31.3 Å². The number of nitrogens with one attached hydrogen (secondary N) is 2. The monoisotopic (exact) mass is 424 g/mol. The van der Waals surface area contributed by atoms with E-state index >= 15 is 0 Å². The van der Waals surface area contributed by atoms with Crippen molar-refractivity contribution in [3.8, 4) is 0 Å². The van der Waals surface area contributed by atoms with Gasteiger partial charge in [-0.3, -0.25) is 19.7 Å². The molecule has 0 aliphatic carbocycles. The maximum atomic E-state index is 12.3. The van der Waals surface area contributed by atoms with Crippen molar-refractivity contribution >= 4 is 35.1 Å². The average molecular weight is 424 g/mol. The van der Waals surface area contributed by atoms with Crippen LogP contribution in [0.2, 0.25) is 0 Å². The number of carbonyl (C=O) groups is 2. The SMILES string of the molecule is CC(=O)Nc1cccc(C(=O)NN=Cc2ccc(N3CCN(C)CC3)c([N+](=O)[O-])c2)c1. The van der Waals surface area contributed by atoms with Crippen LogP contribution in [0.3, 0.4) is 0 Å². The van der Waals surface area contributed by atoms with E-state index in [4.69, 9.17) is 0 Å². The van der Waals surface area contributed by atoms with Crippen LogP contribution in [0.1, 0.15) is 22.8 Å². The van der Waals surface area contributed by atoms with Crippen LogP contribution in [-0.4, -0.2) is 61.1 Å². The highest BCUT2D eigenvalue weighted by Gasteiger charge is 2.22. The van der Waals surface area contributed by atoms with Gasteiger partial charge in [-0.2, -0.15) is 5.10 Å². The first-order chi connectivity index (χ1) is 14.8. The van der Waals surface area contributed by atoms with E-state index in [9.17, 15) is 19.7 Å². The molecular formula is C21H24N6O4. The molecule has 0 atom stereocenters. The van der Waals surface area contributed by atoms with Gasteiger partial charge in [0.05, 0.1) is 11.1 Å². The number of nitrogens with zero attached hydrogens (tertiary/aromatic N) is 4. The number of hydrogen-bond donors (Lipinski definition) is 2. The number of anilines is 2. The van der Waals surface area contributed by atoms with Crippen LogP contribution in [-0.2, 0) is 4.79 Å². The van der Waals surface area contributed by atoms with Gasteiger partial charge in [-0.15, -0.1) is 0 Å². The van der Waals surface area contributed by atoms with E-state index in [1.54, 1.807) is 30.3 Å². The highest BCUT2D eigenvalue weighted by Crippen LogP contribution is 2.29. The van der Waals surface area contributed by atoms with Crippen LogP contribution < -0.4 is 15.6 Å². The molecule has 1 saturated heterocycles. The fourth-order valence-electron chi connectivity index (χ4n) is 3.25. The maximum Gasteiger partial charge on any atom is 0.293 e. The van der Waals surface area contributed by atoms with E-state index in [0.717, 1.165) is 26.2 Å². The number of likely N-dealkylation sites (N-methyl/N-ethyl adjacent to an activating group) is 1. The predicted octanol–water partition coefficient (Wildman–Crippen LogP) is 2.07. The van der Waals surface area contributed by atoms with Gasteiger partial charge < -0.3 is 15.1 Å².